The molecule has 1 fully saturated rings. The quantitative estimate of drug-likeness (QED) is 0.834. The van der Waals surface area contributed by atoms with Gasteiger partial charge in [0.15, 0.2) is 12.6 Å². The Balaban J connectivity index is 2.18. The highest BCUT2D eigenvalue weighted by molar-refractivity contribution is 5.81. The van der Waals surface area contributed by atoms with Crippen LogP contribution in [0.5, 0.6) is 11.5 Å². The summed E-state index contributed by atoms with van der Waals surface area (Å²) in [6.45, 7) is 0. The minimum absolute atomic E-state index is 0.0287. The lowest BCUT2D eigenvalue weighted by Gasteiger charge is -2.39. The van der Waals surface area contributed by atoms with Gasteiger partial charge >= 0.3 is 0 Å². The van der Waals surface area contributed by atoms with Crippen molar-refractivity contribution in [2.24, 2.45) is 0 Å². The Morgan fingerprint density at radius 1 is 0.750 bits per heavy atom. The van der Waals surface area contributed by atoms with Crippen LogP contribution < -0.4 is 0 Å². The number of hydrogen-bond acceptors (Lipinski definition) is 4. The first-order valence-corrected chi connectivity index (χ1v) is 8.18. The Kier molecular flexibility index (Phi) is 4.38. The van der Waals surface area contributed by atoms with E-state index in [1.54, 1.807) is 24.3 Å². The van der Waals surface area contributed by atoms with Crippen LogP contribution >= 0.6 is 0 Å². The van der Waals surface area contributed by atoms with Gasteiger partial charge in [0.2, 0.25) is 0 Å². The van der Waals surface area contributed by atoms with Crippen molar-refractivity contribution >= 4 is 12.6 Å². The number of aldehydes is 2. The van der Waals surface area contributed by atoms with Gasteiger partial charge in [-0.1, -0.05) is 31.4 Å². The van der Waals surface area contributed by atoms with E-state index in [9.17, 15) is 19.8 Å². The lowest BCUT2D eigenvalue weighted by Crippen LogP contribution is -2.30. The van der Waals surface area contributed by atoms with Crippen LogP contribution in [-0.4, -0.2) is 22.8 Å². The molecular formula is C20H20O4. The summed E-state index contributed by atoms with van der Waals surface area (Å²) in [5.41, 5.74) is 2.16. The molecule has 0 saturated heterocycles. The van der Waals surface area contributed by atoms with Crippen molar-refractivity contribution in [2.75, 3.05) is 0 Å². The first-order chi connectivity index (χ1) is 11.6. The highest BCUT2D eigenvalue weighted by atomic mass is 16.3. The standard InChI is InChI=1S/C20H20O4/c21-12-14-10-16(4-6-18(14)23)20(8-2-1-3-9-20)17-5-7-19(24)15(11-17)13-22/h4-7,10-13,23-24H,1-3,8-9H2. The molecule has 4 heteroatoms. The summed E-state index contributed by atoms with van der Waals surface area (Å²) in [6.07, 6.45) is 6.37. The van der Waals surface area contributed by atoms with Crippen LogP contribution in [0.15, 0.2) is 36.4 Å². The number of carbonyl (C=O) groups excluding carboxylic acids is 2. The maximum Gasteiger partial charge on any atom is 0.153 e. The normalized spacial score (nSPS) is 16.5. The molecule has 2 N–H and O–H groups in total. The largest absolute Gasteiger partial charge is 0.507 e. The molecule has 0 bridgehead atoms. The van der Waals surface area contributed by atoms with Crippen LogP contribution in [0.3, 0.4) is 0 Å². The van der Waals surface area contributed by atoms with Gasteiger partial charge in [-0.2, -0.15) is 0 Å². The zero-order chi connectivity index (χ0) is 17.2. The molecule has 0 aliphatic heterocycles. The van der Waals surface area contributed by atoms with Crippen LogP contribution in [0, 0.1) is 0 Å². The summed E-state index contributed by atoms with van der Waals surface area (Å²) in [4.78, 5) is 22.4. The van der Waals surface area contributed by atoms with Crippen molar-refractivity contribution in [2.45, 2.75) is 37.5 Å². The van der Waals surface area contributed by atoms with E-state index >= 15 is 0 Å². The van der Waals surface area contributed by atoms with Gasteiger partial charge in [0.05, 0.1) is 11.1 Å². The first kappa shape index (κ1) is 16.2. The van der Waals surface area contributed by atoms with Crippen molar-refractivity contribution < 1.29 is 19.8 Å². The van der Waals surface area contributed by atoms with Crippen LogP contribution in [0.4, 0.5) is 0 Å². The minimum atomic E-state index is -0.310. The zero-order valence-corrected chi connectivity index (χ0v) is 13.4. The van der Waals surface area contributed by atoms with E-state index in [1.165, 1.54) is 0 Å². The first-order valence-electron chi connectivity index (χ1n) is 8.18. The SMILES string of the molecule is O=Cc1cc(C2(c3ccc(O)c(C=O)c3)CCCCC2)ccc1O. The number of phenols is 2. The Labute approximate surface area is 140 Å². The summed E-state index contributed by atoms with van der Waals surface area (Å²) in [6, 6.07) is 10.3. The monoisotopic (exact) mass is 324 g/mol. The number of phenolic OH excluding ortho intramolecular Hbond substituents is 2. The molecule has 2 aromatic rings. The van der Waals surface area contributed by atoms with Crippen LogP contribution in [0.25, 0.3) is 0 Å². The number of rotatable bonds is 4. The van der Waals surface area contributed by atoms with Gasteiger partial charge in [-0.05, 0) is 48.2 Å². The molecule has 1 aliphatic rings. The third-order valence-corrected chi connectivity index (χ3v) is 5.12. The van der Waals surface area contributed by atoms with Gasteiger partial charge in [0.25, 0.3) is 0 Å². The Bertz CT molecular complexity index is 714. The van der Waals surface area contributed by atoms with E-state index < -0.39 is 0 Å². The summed E-state index contributed by atoms with van der Waals surface area (Å²) in [5, 5.41) is 19.6. The molecule has 4 nitrogen and oxygen atoms in total. The van der Waals surface area contributed by atoms with Crippen LogP contribution in [-0.2, 0) is 5.41 Å². The molecule has 0 amide bonds. The molecule has 2 aromatic carbocycles. The molecular weight excluding hydrogens is 304 g/mol. The van der Waals surface area contributed by atoms with E-state index in [1.807, 2.05) is 12.1 Å². The molecule has 24 heavy (non-hydrogen) atoms. The van der Waals surface area contributed by atoms with Crippen molar-refractivity contribution in [3.63, 3.8) is 0 Å². The highest BCUT2D eigenvalue weighted by Gasteiger charge is 2.36. The Morgan fingerprint density at radius 2 is 1.21 bits per heavy atom. The third kappa shape index (κ3) is 2.68. The lowest BCUT2D eigenvalue weighted by molar-refractivity contribution is 0.111. The maximum atomic E-state index is 11.2. The maximum absolute atomic E-state index is 11.2. The van der Waals surface area contributed by atoms with Crippen molar-refractivity contribution in [3.05, 3.63) is 58.7 Å². The van der Waals surface area contributed by atoms with Crippen molar-refractivity contribution in [3.8, 4) is 11.5 Å². The zero-order valence-electron chi connectivity index (χ0n) is 13.4. The molecule has 124 valence electrons. The van der Waals surface area contributed by atoms with E-state index in [0.29, 0.717) is 12.6 Å². The van der Waals surface area contributed by atoms with Gasteiger partial charge in [-0.25, -0.2) is 0 Å². The third-order valence-electron chi connectivity index (χ3n) is 5.12. The highest BCUT2D eigenvalue weighted by Crippen LogP contribution is 2.46. The molecule has 1 saturated carbocycles. The fraction of sp³-hybridized carbons (Fsp3) is 0.300. The fourth-order valence-electron chi connectivity index (χ4n) is 3.79. The van der Waals surface area contributed by atoms with Gasteiger partial charge in [-0.3, -0.25) is 9.59 Å². The van der Waals surface area contributed by atoms with Crippen LogP contribution in [0.1, 0.15) is 63.9 Å². The van der Waals surface area contributed by atoms with Gasteiger partial charge in [-0.15, -0.1) is 0 Å². The Morgan fingerprint density at radius 3 is 1.62 bits per heavy atom. The average molecular weight is 324 g/mol. The molecule has 0 radical (unpaired) electrons. The number of aromatic hydroxyl groups is 2. The molecule has 0 spiro atoms. The topological polar surface area (TPSA) is 74.6 Å². The van der Waals surface area contributed by atoms with E-state index in [0.717, 1.165) is 43.2 Å². The fourth-order valence-corrected chi connectivity index (χ4v) is 3.79. The van der Waals surface area contributed by atoms with E-state index in [-0.39, 0.29) is 28.0 Å². The summed E-state index contributed by atoms with van der Waals surface area (Å²) < 4.78 is 0. The molecule has 0 unspecified atom stereocenters. The minimum Gasteiger partial charge on any atom is -0.507 e. The Hall–Kier alpha value is -2.62. The number of benzene rings is 2. The smallest absolute Gasteiger partial charge is 0.153 e. The second-order valence-electron chi connectivity index (χ2n) is 6.43. The molecule has 1 aliphatic carbocycles. The van der Waals surface area contributed by atoms with Crippen LogP contribution in [0.2, 0.25) is 0 Å². The lowest BCUT2D eigenvalue weighted by atomic mass is 9.65. The number of carbonyl (C=O) groups is 2. The van der Waals surface area contributed by atoms with Crippen molar-refractivity contribution in [1.29, 1.82) is 0 Å². The molecule has 0 aromatic heterocycles. The summed E-state index contributed by atoms with van der Waals surface area (Å²) >= 11 is 0. The second-order valence-corrected chi connectivity index (χ2v) is 6.43. The second kappa shape index (κ2) is 6.48. The molecule has 3 rings (SSSR count). The van der Waals surface area contributed by atoms with E-state index in [4.69, 9.17) is 0 Å². The van der Waals surface area contributed by atoms with Crippen molar-refractivity contribution in [1.82, 2.24) is 0 Å². The molecule has 0 heterocycles. The number of hydrogen-bond donors (Lipinski definition) is 2. The predicted octanol–water partition coefficient (Wildman–Crippen LogP) is 3.97. The van der Waals surface area contributed by atoms with Gasteiger partial charge < -0.3 is 10.2 Å². The average Bonchev–Trinajstić information content (AvgIpc) is 2.63. The summed E-state index contributed by atoms with van der Waals surface area (Å²) in [7, 11) is 0. The van der Waals surface area contributed by atoms with E-state index in [2.05, 4.69) is 0 Å². The van der Waals surface area contributed by atoms with Gasteiger partial charge in [0.1, 0.15) is 11.5 Å². The molecule has 0 atom stereocenters. The summed E-state index contributed by atoms with van der Waals surface area (Å²) in [5.74, 6) is -0.0574. The predicted molar refractivity (Wildman–Crippen MR) is 90.9 cm³/mol. The van der Waals surface area contributed by atoms with Gasteiger partial charge in [0, 0.05) is 5.41 Å².